The van der Waals surface area contributed by atoms with Crippen molar-refractivity contribution in [2.24, 2.45) is 7.05 Å². The van der Waals surface area contributed by atoms with Gasteiger partial charge in [-0.15, -0.1) is 0 Å². The standard InChI is InChI=1S/C22H32N4O3S/c1-14-12-15(2)17(4)22(16(14)3)30(28,29)26-10-8-25(9-11-26)21(27)13-20-18(5)23-24(7)19(20)6/h12H,8-11,13H2,1-7H3. The quantitative estimate of drug-likeness (QED) is 0.743. The fraction of sp³-hybridized carbons (Fsp3) is 0.545. The van der Waals surface area contributed by atoms with E-state index in [0.717, 1.165) is 39.2 Å². The molecule has 1 aromatic heterocycles. The van der Waals surface area contributed by atoms with Crippen LogP contribution in [0.3, 0.4) is 0 Å². The van der Waals surface area contributed by atoms with E-state index >= 15 is 0 Å². The van der Waals surface area contributed by atoms with Crippen LogP contribution in [0.25, 0.3) is 0 Å². The van der Waals surface area contributed by atoms with Crippen LogP contribution in [0.1, 0.15) is 39.2 Å². The van der Waals surface area contributed by atoms with Crippen molar-refractivity contribution < 1.29 is 13.2 Å². The van der Waals surface area contributed by atoms with Crippen molar-refractivity contribution in [3.05, 3.63) is 45.3 Å². The van der Waals surface area contributed by atoms with Gasteiger partial charge >= 0.3 is 0 Å². The summed E-state index contributed by atoms with van der Waals surface area (Å²) in [7, 11) is -1.73. The first kappa shape index (κ1) is 22.5. The molecule has 0 radical (unpaired) electrons. The van der Waals surface area contributed by atoms with Crippen LogP contribution in [0, 0.1) is 41.5 Å². The summed E-state index contributed by atoms with van der Waals surface area (Å²) < 4.78 is 30.1. The second kappa shape index (κ2) is 8.15. The van der Waals surface area contributed by atoms with Crippen molar-refractivity contribution >= 4 is 15.9 Å². The average molecular weight is 433 g/mol. The van der Waals surface area contributed by atoms with Gasteiger partial charge in [0.15, 0.2) is 0 Å². The first-order valence-electron chi connectivity index (χ1n) is 10.3. The lowest BCUT2D eigenvalue weighted by Gasteiger charge is -2.35. The summed E-state index contributed by atoms with van der Waals surface area (Å²) in [5, 5.41) is 4.38. The molecule has 0 N–H and O–H groups in total. The molecule has 1 aliphatic heterocycles. The minimum atomic E-state index is -3.60. The molecule has 0 spiro atoms. The second-order valence-corrected chi connectivity index (χ2v) is 10.2. The van der Waals surface area contributed by atoms with Gasteiger partial charge in [-0.05, 0) is 63.8 Å². The molecule has 7 nitrogen and oxygen atoms in total. The summed E-state index contributed by atoms with van der Waals surface area (Å²) in [4.78, 5) is 15.0. The molecule has 0 saturated carbocycles. The highest BCUT2D eigenvalue weighted by molar-refractivity contribution is 7.89. The molecule has 0 aliphatic carbocycles. The van der Waals surface area contributed by atoms with Crippen LogP contribution < -0.4 is 0 Å². The van der Waals surface area contributed by atoms with Crippen molar-refractivity contribution in [1.29, 1.82) is 0 Å². The molecule has 1 fully saturated rings. The van der Waals surface area contributed by atoms with Crippen molar-refractivity contribution in [2.45, 2.75) is 52.9 Å². The van der Waals surface area contributed by atoms with Crippen LogP contribution >= 0.6 is 0 Å². The normalized spacial score (nSPS) is 15.6. The number of nitrogens with zero attached hydrogens (tertiary/aromatic N) is 4. The van der Waals surface area contributed by atoms with E-state index in [1.165, 1.54) is 4.31 Å². The number of piperazine rings is 1. The van der Waals surface area contributed by atoms with E-state index < -0.39 is 10.0 Å². The van der Waals surface area contributed by atoms with E-state index in [0.29, 0.717) is 37.5 Å². The Balaban J connectivity index is 1.75. The number of sulfonamides is 1. The van der Waals surface area contributed by atoms with Crippen LogP contribution in [0.4, 0.5) is 0 Å². The maximum atomic E-state index is 13.4. The number of hydrogen-bond acceptors (Lipinski definition) is 4. The molecule has 0 unspecified atom stereocenters. The predicted molar refractivity (Wildman–Crippen MR) is 117 cm³/mol. The zero-order valence-corrected chi connectivity index (χ0v) is 19.9. The number of amides is 1. The third-order valence-corrected chi connectivity index (χ3v) is 8.65. The second-order valence-electron chi connectivity index (χ2n) is 8.32. The molecular formula is C22H32N4O3S. The highest BCUT2D eigenvalue weighted by atomic mass is 32.2. The lowest BCUT2D eigenvalue weighted by atomic mass is 10.0. The largest absolute Gasteiger partial charge is 0.340 e. The molecule has 3 rings (SSSR count). The van der Waals surface area contributed by atoms with Gasteiger partial charge in [0, 0.05) is 44.5 Å². The minimum absolute atomic E-state index is 0.0185. The van der Waals surface area contributed by atoms with Gasteiger partial charge in [-0.1, -0.05) is 6.07 Å². The zero-order valence-electron chi connectivity index (χ0n) is 19.0. The monoisotopic (exact) mass is 432 g/mol. The van der Waals surface area contributed by atoms with Gasteiger partial charge in [0.2, 0.25) is 15.9 Å². The summed E-state index contributed by atoms with van der Waals surface area (Å²) >= 11 is 0. The molecule has 2 aromatic rings. The van der Waals surface area contributed by atoms with Gasteiger partial charge < -0.3 is 4.90 Å². The highest BCUT2D eigenvalue weighted by Crippen LogP contribution is 2.29. The van der Waals surface area contributed by atoms with Gasteiger partial charge in [0.25, 0.3) is 0 Å². The maximum Gasteiger partial charge on any atom is 0.243 e. The number of carbonyl (C=O) groups excluding carboxylic acids is 1. The van der Waals surface area contributed by atoms with E-state index in [1.54, 1.807) is 9.58 Å². The Morgan fingerprint density at radius 2 is 1.50 bits per heavy atom. The molecule has 0 bridgehead atoms. The third kappa shape index (κ3) is 3.90. The number of benzene rings is 1. The number of rotatable bonds is 4. The van der Waals surface area contributed by atoms with Crippen molar-refractivity contribution in [2.75, 3.05) is 26.2 Å². The van der Waals surface area contributed by atoms with Crippen LogP contribution in [-0.2, 0) is 28.3 Å². The third-order valence-electron chi connectivity index (χ3n) is 6.47. The number of carbonyl (C=O) groups is 1. The number of hydrogen-bond donors (Lipinski definition) is 0. The first-order valence-corrected chi connectivity index (χ1v) is 11.7. The van der Waals surface area contributed by atoms with Gasteiger partial charge in [-0.2, -0.15) is 9.40 Å². The SMILES string of the molecule is Cc1cc(C)c(C)c(S(=O)(=O)N2CCN(C(=O)Cc3c(C)nn(C)c3C)CC2)c1C. The molecule has 1 aromatic carbocycles. The first-order chi connectivity index (χ1) is 13.9. The zero-order chi connectivity index (χ0) is 22.4. The van der Waals surface area contributed by atoms with Crippen molar-refractivity contribution in [3.63, 3.8) is 0 Å². The maximum absolute atomic E-state index is 13.4. The van der Waals surface area contributed by atoms with E-state index in [4.69, 9.17) is 0 Å². The van der Waals surface area contributed by atoms with E-state index in [9.17, 15) is 13.2 Å². The van der Waals surface area contributed by atoms with E-state index in [-0.39, 0.29) is 5.91 Å². The fourth-order valence-corrected chi connectivity index (χ4v) is 6.21. The van der Waals surface area contributed by atoms with Crippen LogP contribution in [0.5, 0.6) is 0 Å². The van der Waals surface area contributed by atoms with Crippen LogP contribution in [0.15, 0.2) is 11.0 Å². The van der Waals surface area contributed by atoms with Gasteiger partial charge in [-0.3, -0.25) is 9.48 Å². The van der Waals surface area contributed by atoms with Crippen LogP contribution in [0.2, 0.25) is 0 Å². The summed E-state index contributed by atoms with van der Waals surface area (Å²) in [5.41, 5.74) is 6.38. The number of aryl methyl sites for hydroxylation is 4. The van der Waals surface area contributed by atoms with Crippen molar-refractivity contribution in [1.82, 2.24) is 19.0 Å². The van der Waals surface area contributed by atoms with E-state index in [1.807, 2.05) is 54.7 Å². The van der Waals surface area contributed by atoms with Crippen molar-refractivity contribution in [3.8, 4) is 0 Å². The molecule has 1 amide bonds. The minimum Gasteiger partial charge on any atom is -0.340 e. The van der Waals surface area contributed by atoms with Crippen LogP contribution in [-0.4, -0.2) is 59.5 Å². The van der Waals surface area contributed by atoms with Gasteiger partial charge in [-0.25, -0.2) is 8.42 Å². The Morgan fingerprint density at radius 3 is 1.97 bits per heavy atom. The summed E-state index contributed by atoms with van der Waals surface area (Å²) in [5.74, 6) is 0.0185. The molecule has 2 heterocycles. The lowest BCUT2D eigenvalue weighted by Crippen LogP contribution is -2.51. The predicted octanol–water partition coefficient (Wildman–Crippen LogP) is 2.35. The molecule has 164 valence electrons. The Bertz CT molecular complexity index is 1070. The topological polar surface area (TPSA) is 75.5 Å². The highest BCUT2D eigenvalue weighted by Gasteiger charge is 2.33. The van der Waals surface area contributed by atoms with E-state index in [2.05, 4.69) is 5.10 Å². The Kier molecular flexibility index (Phi) is 6.11. The summed E-state index contributed by atoms with van der Waals surface area (Å²) in [6.07, 6.45) is 0.299. The number of aromatic nitrogens is 2. The fourth-order valence-electron chi connectivity index (χ4n) is 4.21. The Morgan fingerprint density at radius 1 is 0.967 bits per heavy atom. The molecule has 0 atom stereocenters. The lowest BCUT2D eigenvalue weighted by molar-refractivity contribution is -0.131. The van der Waals surface area contributed by atoms with Gasteiger partial charge in [0.1, 0.15) is 0 Å². The van der Waals surface area contributed by atoms with Gasteiger partial charge in [0.05, 0.1) is 17.0 Å². The Hall–Kier alpha value is -2.19. The average Bonchev–Trinajstić information content (AvgIpc) is 2.92. The summed E-state index contributed by atoms with van der Waals surface area (Å²) in [6.45, 7) is 12.9. The molecule has 1 saturated heterocycles. The summed E-state index contributed by atoms with van der Waals surface area (Å²) in [6, 6.07) is 2.03. The molecule has 1 aliphatic rings. The smallest absolute Gasteiger partial charge is 0.243 e. The molecule has 30 heavy (non-hydrogen) atoms. The Labute approximate surface area is 179 Å². The molecular weight excluding hydrogens is 400 g/mol. The molecule has 8 heteroatoms.